The number of nitrogens with one attached hydrogen (secondary N) is 1. The molecule has 1 heterocycles. The van der Waals surface area contributed by atoms with Crippen LogP contribution in [0.3, 0.4) is 0 Å². The molecule has 6 heteroatoms. The van der Waals surface area contributed by atoms with Crippen molar-refractivity contribution in [3.63, 3.8) is 0 Å². The molecule has 102 valence electrons. The molecule has 0 aliphatic carbocycles. The third-order valence-corrected chi connectivity index (χ3v) is 3.68. The van der Waals surface area contributed by atoms with E-state index < -0.39 is 0 Å². The average molecular weight is 286 g/mol. The number of aromatic nitrogens is 1. The van der Waals surface area contributed by atoms with Crippen LogP contribution < -0.4 is 11.1 Å². The van der Waals surface area contributed by atoms with Gasteiger partial charge in [-0.05, 0) is 24.6 Å². The number of carbonyl (C=O) groups excluding carboxylic acids is 1. The van der Waals surface area contributed by atoms with Crippen molar-refractivity contribution >= 4 is 22.9 Å². The molecule has 1 aromatic heterocycles. The molecule has 1 unspecified atom stereocenters. The molecule has 5 nitrogen and oxygen atoms in total. The maximum Gasteiger partial charge on any atom is 0.275 e. The highest BCUT2D eigenvalue weighted by atomic mass is 32.1. The molecule has 2 aromatic rings. The van der Waals surface area contributed by atoms with Crippen molar-refractivity contribution < 1.29 is 4.79 Å². The van der Waals surface area contributed by atoms with Crippen molar-refractivity contribution in [3.05, 3.63) is 45.9 Å². The van der Waals surface area contributed by atoms with Gasteiger partial charge in [0.1, 0.15) is 10.7 Å². The minimum absolute atomic E-state index is 0.174. The highest BCUT2D eigenvalue weighted by Crippen LogP contribution is 2.17. The third kappa shape index (κ3) is 3.41. The lowest BCUT2D eigenvalue weighted by molar-refractivity contribution is 0.102. The van der Waals surface area contributed by atoms with E-state index in [1.807, 2.05) is 19.1 Å². The van der Waals surface area contributed by atoms with Gasteiger partial charge in [0, 0.05) is 11.1 Å². The summed E-state index contributed by atoms with van der Waals surface area (Å²) in [6, 6.07) is 9.06. The van der Waals surface area contributed by atoms with Crippen LogP contribution in [0.15, 0.2) is 29.6 Å². The molecular weight excluding hydrogens is 272 g/mol. The molecule has 0 spiro atoms. The van der Waals surface area contributed by atoms with Crippen LogP contribution in [0.1, 0.15) is 34.0 Å². The highest BCUT2D eigenvalue weighted by molar-refractivity contribution is 7.09. The molecule has 0 bridgehead atoms. The topological polar surface area (TPSA) is 91.8 Å². The van der Waals surface area contributed by atoms with Crippen LogP contribution in [0.5, 0.6) is 0 Å². The zero-order valence-corrected chi connectivity index (χ0v) is 11.8. The molecule has 0 radical (unpaired) electrons. The Morgan fingerprint density at radius 3 is 2.75 bits per heavy atom. The van der Waals surface area contributed by atoms with Crippen molar-refractivity contribution in [1.29, 1.82) is 5.26 Å². The number of rotatable bonds is 4. The summed E-state index contributed by atoms with van der Waals surface area (Å²) in [6.07, 6.45) is 0.359. The van der Waals surface area contributed by atoms with Crippen molar-refractivity contribution in [2.75, 3.05) is 5.32 Å². The molecule has 0 aliphatic rings. The van der Waals surface area contributed by atoms with Crippen LogP contribution in [-0.2, 0) is 6.42 Å². The summed E-state index contributed by atoms with van der Waals surface area (Å²) in [7, 11) is 0. The lowest BCUT2D eigenvalue weighted by Gasteiger charge is -2.04. The Morgan fingerprint density at radius 1 is 1.50 bits per heavy atom. The molecule has 1 aromatic carbocycles. The molecule has 0 saturated heterocycles. The number of hydrogen-bond acceptors (Lipinski definition) is 5. The molecule has 3 N–H and O–H groups in total. The smallest absolute Gasteiger partial charge is 0.275 e. The van der Waals surface area contributed by atoms with E-state index in [0.717, 1.165) is 10.6 Å². The standard InChI is InChI=1S/C14H14N4OS/c1-9(16)14-18-12(8-20-14)13(19)17-11-4-2-10(3-5-11)6-7-15/h2-5,8-9H,6,16H2,1H3,(H,17,19). The van der Waals surface area contributed by atoms with Gasteiger partial charge in [-0.3, -0.25) is 4.79 Å². The van der Waals surface area contributed by atoms with E-state index in [1.54, 1.807) is 17.5 Å². The number of nitriles is 1. The van der Waals surface area contributed by atoms with Crippen LogP contribution in [0.2, 0.25) is 0 Å². The van der Waals surface area contributed by atoms with Gasteiger partial charge in [-0.2, -0.15) is 5.26 Å². The van der Waals surface area contributed by atoms with E-state index in [4.69, 9.17) is 11.0 Å². The zero-order chi connectivity index (χ0) is 14.5. The largest absolute Gasteiger partial charge is 0.322 e. The van der Waals surface area contributed by atoms with E-state index in [-0.39, 0.29) is 11.9 Å². The minimum atomic E-state index is -0.263. The Labute approximate surface area is 121 Å². The van der Waals surface area contributed by atoms with Crippen LogP contribution in [0, 0.1) is 11.3 Å². The zero-order valence-electron chi connectivity index (χ0n) is 11.0. The van der Waals surface area contributed by atoms with Gasteiger partial charge < -0.3 is 11.1 Å². The Bertz CT molecular complexity index is 640. The molecule has 1 amide bonds. The number of nitrogens with two attached hydrogens (primary N) is 1. The number of nitrogens with zero attached hydrogens (tertiary/aromatic N) is 2. The van der Waals surface area contributed by atoms with E-state index >= 15 is 0 Å². The summed E-state index contributed by atoms with van der Waals surface area (Å²) in [5.74, 6) is -0.263. The Hall–Kier alpha value is -2.23. The van der Waals surface area contributed by atoms with Crippen molar-refractivity contribution in [3.8, 4) is 6.07 Å². The van der Waals surface area contributed by atoms with Crippen LogP contribution in [0.4, 0.5) is 5.69 Å². The first-order chi connectivity index (χ1) is 9.60. The summed E-state index contributed by atoms with van der Waals surface area (Å²) in [4.78, 5) is 16.2. The molecular formula is C14H14N4OS. The number of benzene rings is 1. The van der Waals surface area contributed by atoms with Crippen LogP contribution in [-0.4, -0.2) is 10.9 Å². The third-order valence-electron chi connectivity index (χ3n) is 2.64. The number of hydrogen-bond donors (Lipinski definition) is 2. The van der Waals surface area contributed by atoms with Gasteiger partial charge in [-0.15, -0.1) is 11.3 Å². The second kappa shape index (κ2) is 6.28. The van der Waals surface area contributed by atoms with E-state index in [0.29, 0.717) is 17.8 Å². The van der Waals surface area contributed by atoms with Crippen molar-refractivity contribution in [1.82, 2.24) is 4.98 Å². The Morgan fingerprint density at radius 2 is 2.20 bits per heavy atom. The van der Waals surface area contributed by atoms with E-state index in [2.05, 4.69) is 16.4 Å². The Kier molecular flexibility index (Phi) is 4.45. The van der Waals surface area contributed by atoms with Gasteiger partial charge in [-0.1, -0.05) is 12.1 Å². The van der Waals surface area contributed by atoms with Gasteiger partial charge in [0.25, 0.3) is 5.91 Å². The molecule has 1 atom stereocenters. The lowest BCUT2D eigenvalue weighted by Crippen LogP contribution is -2.13. The number of anilines is 1. The first kappa shape index (κ1) is 14.2. The SMILES string of the molecule is CC(N)c1nc(C(=O)Nc2ccc(CC#N)cc2)cs1. The molecule has 0 saturated carbocycles. The monoisotopic (exact) mass is 286 g/mol. The quantitative estimate of drug-likeness (QED) is 0.903. The predicted molar refractivity (Wildman–Crippen MR) is 78.4 cm³/mol. The summed E-state index contributed by atoms with van der Waals surface area (Å²) < 4.78 is 0. The van der Waals surface area contributed by atoms with Crippen LogP contribution in [0.25, 0.3) is 0 Å². The fraction of sp³-hybridized carbons (Fsp3) is 0.214. The van der Waals surface area contributed by atoms with E-state index in [1.165, 1.54) is 11.3 Å². The number of carbonyl (C=O) groups is 1. The highest BCUT2D eigenvalue weighted by Gasteiger charge is 2.12. The molecule has 20 heavy (non-hydrogen) atoms. The average Bonchev–Trinajstić information content (AvgIpc) is 2.91. The fourth-order valence-electron chi connectivity index (χ4n) is 1.59. The summed E-state index contributed by atoms with van der Waals surface area (Å²) in [5.41, 5.74) is 7.67. The second-order valence-electron chi connectivity index (χ2n) is 4.35. The van der Waals surface area contributed by atoms with Gasteiger partial charge in [0.15, 0.2) is 0 Å². The molecule has 0 aliphatic heterocycles. The summed E-state index contributed by atoms with van der Waals surface area (Å²) in [6.45, 7) is 1.83. The first-order valence-electron chi connectivity index (χ1n) is 6.08. The van der Waals surface area contributed by atoms with Crippen molar-refractivity contribution in [2.45, 2.75) is 19.4 Å². The first-order valence-corrected chi connectivity index (χ1v) is 6.96. The fourth-order valence-corrected chi connectivity index (χ4v) is 2.35. The predicted octanol–water partition coefficient (Wildman–Crippen LogP) is 2.48. The molecule has 0 fully saturated rings. The van der Waals surface area contributed by atoms with Gasteiger partial charge in [0.05, 0.1) is 18.5 Å². The van der Waals surface area contributed by atoms with E-state index in [9.17, 15) is 4.79 Å². The second-order valence-corrected chi connectivity index (χ2v) is 5.24. The summed E-state index contributed by atoms with van der Waals surface area (Å²) >= 11 is 1.37. The number of thiazole rings is 1. The Balaban J connectivity index is 2.05. The van der Waals surface area contributed by atoms with Gasteiger partial charge in [-0.25, -0.2) is 4.98 Å². The molecule has 2 rings (SSSR count). The van der Waals surface area contributed by atoms with Gasteiger partial charge >= 0.3 is 0 Å². The maximum atomic E-state index is 12.0. The maximum absolute atomic E-state index is 12.0. The van der Waals surface area contributed by atoms with Crippen molar-refractivity contribution in [2.24, 2.45) is 5.73 Å². The van der Waals surface area contributed by atoms with Crippen LogP contribution >= 0.6 is 11.3 Å². The lowest BCUT2D eigenvalue weighted by atomic mass is 10.1. The van der Waals surface area contributed by atoms with Gasteiger partial charge in [0.2, 0.25) is 0 Å². The normalized spacial score (nSPS) is 11.7. The summed E-state index contributed by atoms with van der Waals surface area (Å²) in [5, 5.41) is 13.8. The number of amides is 1. The minimum Gasteiger partial charge on any atom is -0.322 e.